The lowest BCUT2D eigenvalue weighted by molar-refractivity contribution is -0.121. The van der Waals surface area contributed by atoms with E-state index < -0.39 is 5.25 Å². The number of para-hydroxylation sites is 1. The fourth-order valence-electron chi connectivity index (χ4n) is 2.78. The molecule has 1 aliphatic rings. The molecule has 1 saturated heterocycles. The van der Waals surface area contributed by atoms with Crippen molar-refractivity contribution in [1.82, 2.24) is 0 Å². The minimum absolute atomic E-state index is 0.120. The molecule has 2 aromatic rings. The van der Waals surface area contributed by atoms with Crippen LogP contribution in [0, 0.1) is 13.8 Å². The quantitative estimate of drug-likeness (QED) is 0.823. The van der Waals surface area contributed by atoms with Crippen molar-refractivity contribution in [1.29, 1.82) is 0 Å². The molecule has 1 fully saturated rings. The maximum Gasteiger partial charge on any atom is 0.247 e. The number of imide groups is 1. The summed E-state index contributed by atoms with van der Waals surface area (Å²) >= 11 is 1.20. The molecule has 3 amide bonds. The third-order valence-corrected chi connectivity index (χ3v) is 5.53. The van der Waals surface area contributed by atoms with Gasteiger partial charge in [0, 0.05) is 12.1 Å². The van der Waals surface area contributed by atoms with E-state index in [1.807, 2.05) is 38.1 Å². The Kier molecular flexibility index (Phi) is 5.42. The largest absolute Gasteiger partial charge is 0.325 e. The summed E-state index contributed by atoms with van der Waals surface area (Å²) in [4.78, 5) is 38.1. The molecular weight excluding hydrogens is 348 g/mol. The summed E-state index contributed by atoms with van der Waals surface area (Å²) in [5, 5.41) is 2.31. The number of nitrogens with zero attached hydrogens (tertiary/aromatic N) is 1. The third-order valence-electron chi connectivity index (χ3n) is 4.33. The second-order valence-electron chi connectivity index (χ2n) is 6.25. The minimum Gasteiger partial charge on any atom is -0.325 e. The molecule has 0 radical (unpaired) electrons. The monoisotopic (exact) mass is 368 g/mol. The van der Waals surface area contributed by atoms with Crippen molar-refractivity contribution >= 4 is 40.9 Å². The molecule has 2 aromatic carbocycles. The van der Waals surface area contributed by atoms with Crippen LogP contribution in [-0.2, 0) is 14.4 Å². The van der Waals surface area contributed by atoms with E-state index in [0.717, 1.165) is 16.8 Å². The van der Waals surface area contributed by atoms with Gasteiger partial charge in [0.15, 0.2) is 0 Å². The van der Waals surface area contributed by atoms with Crippen LogP contribution in [-0.4, -0.2) is 28.7 Å². The van der Waals surface area contributed by atoms with E-state index in [0.29, 0.717) is 5.69 Å². The van der Waals surface area contributed by atoms with E-state index in [1.54, 1.807) is 24.3 Å². The Morgan fingerprint density at radius 2 is 1.85 bits per heavy atom. The van der Waals surface area contributed by atoms with Crippen LogP contribution in [0.3, 0.4) is 0 Å². The maximum absolute atomic E-state index is 12.5. The minimum atomic E-state index is -0.520. The van der Waals surface area contributed by atoms with Crippen molar-refractivity contribution in [2.45, 2.75) is 25.5 Å². The second kappa shape index (κ2) is 7.74. The van der Waals surface area contributed by atoms with Crippen molar-refractivity contribution in [2.75, 3.05) is 16.0 Å². The zero-order chi connectivity index (χ0) is 18.7. The van der Waals surface area contributed by atoms with Gasteiger partial charge in [-0.3, -0.25) is 14.4 Å². The Bertz CT molecular complexity index is 851. The average molecular weight is 368 g/mol. The normalized spacial score (nSPS) is 16.8. The van der Waals surface area contributed by atoms with Crippen LogP contribution in [0.2, 0.25) is 0 Å². The molecule has 0 aliphatic carbocycles. The molecule has 0 bridgehead atoms. The lowest BCUT2D eigenvalue weighted by Gasteiger charge is -2.14. The lowest BCUT2D eigenvalue weighted by Crippen LogP contribution is -2.31. The zero-order valence-corrected chi connectivity index (χ0v) is 15.5. The molecule has 134 valence electrons. The number of amides is 3. The molecule has 1 N–H and O–H groups in total. The molecule has 3 rings (SSSR count). The van der Waals surface area contributed by atoms with E-state index in [9.17, 15) is 14.4 Å². The van der Waals surface area contributed by atoms with Gasteiger partial charge in [0.2, 0.25) is 17.7 Å². The molecule has 0 saturated carbocycles. The van der Waals surface area contributed by atoms with E-state index >= 15 is 0 Å². The Labute approximate surface area is 156 Å². The van der Waals surface area contributed by atoms with Crippen LogP contribution in [0.4, 0.5) is 11.4 Å². The molecule has 26 heavy (non-hydrogen) atoms. The predicted octanol–water partition coefficient (Wildman–Crippen LogP) is 3.31. The number of rotatable bonds is 5. The van der Waals surface area contributed by atoms with Crippen LogP contribution >= 0.6 is 11.8 Å². The third kappa shape index (κ3) is 3.96. The summed E-state index contributed by atoms with van der Waals surface area (Å²) in [5.41, 5.74) is 3.57. The SMILES string of the molecule is Cc1ccc(NC(=O)CSC2CC(=O)N(c3ccccc3)C2=O)cc1C. The number of carbonyl (C=O) groups excluding carboxylic acids is 3. The van der Waals surface area contributed by atoms with E-state index in [1.165, 1.54) is 16.7 Å². The lowest BCUT2D eigenvalue weighted by atomic mass is 10.1. The predicted molar refractivity (Wildman–Crippen MR) is 104 cm³/mol. The van der Waals surface area contributed by atoms with Crippen LogP contribution in [0.15, 0.2) is 48.5 Å². The first-order valence-electron chi connectivity index (χ1n) is 8.36. The van der Waals surface area contributed by atoms with E-state index in [4.69, 9.17) is 0 Å². The highest BCUT2D eigenvalue weighted by Crippen LogP contribution is 2.29. The van der Waals surface area contributed by atoms with Gasteiger partial charge in [0.1, 0.15) is 0 Å². The van der Waals surface area contributed by atoms with Crippen molar-refractivity contribution < 1.29 is 14.4 Å². The Balaban J connectivity index is 1.58. The summed E-state index contributed by atoms with van der Waals surface area (Å²) in [6, 6.07) is 14.6. The number of anilines is 2. The molecule has 6 heteroatoms. The molecular formula is C20H20N2O3S. The summed E-state index contributed by atoms with van der Waals surface area (Å²) in [7, 11) is 0. The Hall–Kier alpha value is -2.60. The molecule has 0 spiro atoms. The van der Waals surface area contributed by atoms with E-state index in [-0.39, 0.29) is 29.9 Å². The van der Waals surface area contributed by atoms with Gasteiger partial charge in [-0.1, -0.05) is 24.3 Å². The van der Waals surface area contributed by atoms with Gasteiger partial charge in [-0.25, -0.2) is 4.90 Å². The van der Waals surface area contributed by atoms with Crippen LogP contribution < -0.4 is 10.2 Å². The van der Waals surface area contributed by atoms with Gasteiger partial charge in [0.05, 0.1) is 16.7 Å². The number of hydrogen-bond acceptors (Lipinski definition) is 4. The Morgan fingerprint density at radius 1 is 1.12 bits per heavy atom. The first kappa shape index (κ1) is 18.2. The first-order chi connectivity index (χ1) is 12.5. The highest BCUT2D eigenvalue weighted by molar-refractivity contribution is 8.01. The number of nitrogens with one attached hydrogen (secondary N) is 1. The molecule has 1 aliphatic heterocycles. The Morgan fingerprint density at radius 3 is 2.54 bits per heavy atom. The van der Waals surface area contributed by atoms with Crippen molar-refractivity contribution in [3.8, 4) is 0 Å². The van der Waals surface area contributed by atoms with Gasteiger partial charge in [0.25, 0.3) is 0 Å². The molecule has 5 nitrogen and oxygen atoms in total. The van der Waals surface area contributed by atoms with E-state index in [2.05, 4.69) is 5.32 Å². The van der Waals surface area contributed by atoms with Crippen molar-refractivity contribution in [3.63, 3.8) is 0 Å². The number of benzene rings is 2. The van der Waals surface area contributed by atoms with Crippen LogP contribution in [0.1, 0.15) is 17.5 Å². The van der Waals surface area contributed by atoms with Gasteiger partial charge in [-0.2, -0.15) is 0 Å². The molecule has 1 unspecified atom stereocenters. The molecule has 0 aromatic heterocycles. The topological polar surface area (TPSA) is 66.5 Å². The second-order valence-corrected chi connectivity index (χ2v) is 7.44. The first-order valence-corrected chi connectivity index (χ1v) is 9.41. The van der Waals surface area contributed by atoms with Crippen LogP contribution in [0.25, 0.3) is 0 Å². The summed E-state index contributed by atoms with van der Waals surface area (Å²) in [6.45, 7) is 4.00. The molecule has 1 heterocycles. The van der Waals surface area contributed by atoms with Gasteiger partial charge in [-0.05, 0) is 49.2 Å². The zero-order valence-electron chi connectivity index (χ0n) is 14.7. The number of thioether (sulfide) groups is 1. The molecule has 1 atom stereocenters. The smallest absolute Gasteiger partial charge is 0.247 e. The van der Waals surface area contributed by atoms with Gasteiger partial charge in [-0.15, -0.1) is 11.8 Å². The van der Waals surface area contributed by atoms with Gasteiger partial charge >= 0.3 is 0 Å². The number of carbonyl (C=O) groups is 3. The van der Waals surface area contributed by atoms with Crippen molar-refractivity contribution in [3.05, 3.63) is 59.7 Å². The van der Waals surface area contributed by atoms with Crippen molar-refractivity contribution in [2.24, 2.45) is 0 Å². The number of aryl methyl sites for hydroxylation is 2. The van der Waals surface area contributed by atoms with Crippen LogP contribution in [0.5, 0.6) is 0 Å². The fourth-order valence-corrected chi connectivity index (χ4v) is 3.71. The summed E-state index contributed by atoms with van der Waals surface area (Å²) < 4.78 is 0. The van der Waals surface area contributed by atoms with Gasteiger partial charge < -0.3 is 5.32 Å². The number of hydrogen-bond donors (Lipinski definition) is 1. The maximum atomic E-state index is 12.5. The highest BCUT2D eigenvalue weighted by Gasteiger charge is 2.39. The fraction of sp³-hybridized carbons (Fsp3) is 0.250. The average Bonchev–Trinajstić information content (AvgIpc) is 2.91. The summed E-state index contributed by atoms with van der Waals surface area (Å²) in [5.74, 6) is -0.547. The summed E-state index contributed by atoms with van der Waals surface area (Å²) in [6.07, 6.45) is 0.120. The standard InChI is InChI=1S/C20H20N2O3S/c1-13-8-9-15(10-14(13)2)21-18(23)12-26-17-11-19(24)22(20(17)25)16-6-4-3-5-7-16/h3-10,17H,11-12H2,1-2H3,(H,21,23). The highest BCUT2D eigenvalue weighted by atomic mass is 32.2.